The summed E-state index contributed by atoms with van der Waals surface area (Å²) in [6.07, 6.45) is 1.87. The summed E-state index contributed by atoms with van der Waals surface area (Å²) in [5.41, 5.74) is 5.72. The second-order valence-electron chi connectivity index (χ2n) is 4.65. The molecule has 0 spiro atoms. The van der Waals surface area contributed by atoms with E-state index in [1.165, 1.54) is 0 Å². The predicted octanol–water partition coefficient (Wildman–Crippen LogP) is 1.24. The van der Waals surface area contributed by atoms with Crippen LogP contribution in [0, 0.1) is 11.3 Å². The summed E-state index contributed by atoms with van der Waals surface area (Å²) in [6, 6.07) is -0.0692. The molecule has 1 rings (SSSR count). The van der Waals surface area contributed by atoms with Gasteiger partial charge in [-0.2, -0.15) is 0 Å². The highest BCUT2D eigenvalue weighted by atomic mass is 16.5. The van der Waals surface area contributed by atoms with Crippen molar-refractivity contribution in [2.24, 2.45) is 17.1 Å². The van der Waals surface area contributed by atoms with Crippen LogP contribution in [0.15, 0.2) is 0 Å². The highest BCUT2D eigenvalue weighted by Gasteiger charge is 2.42. The van der Waals surface area contributed by atoms with Gasteiger partial charge in [0, 0.05) is 12.6 Å². The van der Waals surface area contributed by atoms with Crippen LogP contribution in [-0.2, 0) is 9.53 Å². The average Bonchev–Trinajstić information content (AvgIpc) is 2.68. The van der Waals surface area contributed by atoms with E-state index < -0.39 is 5.97 Å². The third-order valence-corrected chi connectivity index (χ3v) is 3.68. The smallest absolute Gasteiger partial charge is 0.303 e. The molecule has 4 heteroatoms. The molecule has 0 radical (unpaired) electrons. The summed E-state index contributed by atoms with van der Waals surface area (Å²) < 4.78 is 5.33. The quantitative estimate of drug-likeness (QED) is 0.723. The van der Waals surface area contributed by atoms with E-state index in [-0.39, 0.29) is 23.8 Å². The molecule has 3 N–H and O–H groups in total. The first-order valence-electron chi connectivity index (χ1n) is 5.55. The van der Waals surface area contributed by atoms with Crippen molar-refractivity contribution in [2.75, 3.05) is 13.2 Å². The maximum absolute atomic E-state index is 10.9. The van der Waals surface area contributed by atoms with E-state index in [0.717, 1.165) is 19.4 Å². The molecular weight excluding hydrogens is 194 g/mol. The molecule has 0 saturated carbocycles. The molecule has 15 heavy (non-hydrogen) atoms. The van der Waals surface area contributed by atoms with Gasteiger partial charge in [0.25, 0.3) is 0 Å². The number of rotatable bonds is 5. The molecule has 0 aromatic rings. The first-order valence-corrected chi connectivity index (χ1v) is 5.55. The highest BCUT2D eigenvalue weighted by molar-refractivity contribution is 5.67. The van der Waals surface area contributed by atoms with E-state index in [0.29, 0.717) is 6.61 Å². The van der Waals surface area contributed by atoms with Gasteiger partial charge in [-0.05, 0) is 24.2 Å². The summed E-state index contributed by atoms with van der Waals surface area (Å²) in [6.45, 7) is 5.36. The Morgan fingerprint density at radius 2 is 2.40 bits per heavy atom. The van der Waals surface area contributed by atoms with Gasteiger partial charge in [0.05, 0.1) is 13.0 Å². The Morgan fingerprint density at radius 1 is 1.73 bits per heavy atom. The van der Waals surface area contributed by atoms with E-state index in [1.807, 2.05) is 13.8 Å². The zero-order valence-electron chi connectivity index (χ0n) is 9.53. The third-order valence-electron chi connectivity index (χ3n) is 3.68. The van der Waals surface area contributed by atoms with E-state index in [1.54, 1.807) is 0 Å². The Labute approximate surface area is 90.8 Å². The highest BCUT2D eigenvalue weighted by Crippen LogP contribution is 2.40. The number of hydrogen-bond acceptors (Lipinski definition) is 3. The molecule has 1 saturated heterocycles. The summed E-state index contributed by atoms with van der Waals surface area (Å²) in [7, 11) is 0. The molecule has 0 aromatic carbocycles. The lowest BCUT2D eigenvalue weighted by Crippen LogP contribution is -2.46. The van der Waals surface area contributed by atoms with Crippen molar-refractivity contribution in [1.29, 1.82) is 0 Å². The standard InChI is InChI=1S/C11H21NO3/c1-3-9(12)11(2,6-10(13)14)8-4-5-15-7-8/h8-9H,3-7,12H2,1-2H3,(H,13,14). The fraction of sp³-hybridized carbons (Fsp3) is 0.909. The van der Waals surface area contributed by atoms with Crippen LogP contribution in [0.4, 0.5) is 0 Å². The van der Waals surface area contributed by atoms with E-state index in [2.05, 4.69) is 0 Å². The van der Waals surface area contributed by atoms with Gasteiger partial charge in [0.15, 0.2) is 0 Å². The minimum Gasteiger partial charge on any atom is -0.481 e. The summed E-state index contributed by atoms with van der Waals surface area (Å²) in [5.74, 6) is -0.489. The van der Waals surface area contributed by atoms with Crippen molar-refractivity contribution >= 4 is 5.97 Å². The van der Waals surface area contributed by atoms with Crippen LogP contribution in [0.1, 0.15) is 33.1 Å². The Bertz CT molecular complexity index is 226. The Kier molecular flexibility index (Phi) is 4.11. The first-order chi connectivity index (χ1) is 7.00. The lowest BCUT2D eigenvalue weighted by molar-refractivity contribution is -0.141. The van der Waals surface area contributed by atoms with Crippen molar-refractivity contribution in [1.82, 2.24) is 0 Å². The SMILES string of the molecule is CCC(N)C(C)(CC(=O)O)C1CCOC1. The van der Waals surface area contributed by atoms with Crippen LogP contribution >= 0.6 is 0 Å². The fourth-order valence-corrected chi connectivity index (χ4v) is 2.42. The molecule has 0 amide bonds. The maximum atomic E-state index is 10.9. The topological polar surface area (TPSA) is 72.6 Å². The second-order valence-corrected chi connectivity index (χ2v) is 4.65. The Morgan fingerprint density at radius 3 is 2.80 bits per heavy atom. The van der Waals surface area contributed by atoms with Crippen LogP contribution in [0.2, 0.25) is 0 Å². The van der Waals surface area contributed by atoms with Crippen LogP contribution in [0.5, 0.6) is 0 Å². The molecule has 1 fully saturated rings. The monoisotopic (exact) mass is 215 g/mol. The van der Waals surface area contributed by atoms with Gasteiger partial charge in [-0.15, -0.1) is 0 Å². The molecule has 0 bridgehead atoms. The Hall–Kier alpha value is -0.610. The minimum atomic E-state index is -0.770. The Balaban J connectivity index is 2.78. The number of ether oxygens (including phenoxy) is 1. The number of carbonyl (C=O) groups is 1. The third kappa shape index (κ3) is 2.69. The lowest BCUT2D eigenvalue weighted by atomic mass is 9.68. The first kappa shape index (κ1) is 12.5. The van der Waals surface area contributed by atoms with Crippen molar-refractivity contribution in [3.8, 4) is 0 Å². The number of hydrogen-bond donors (Lipinski definition) is 2. The van der Waals surface area contributed by atoms with Crippen molar-refractivity contribution < 1.29 is 14.6 Å². The fourth-order valence-electron chi connectivity index (χ4n) is 2.42. The maximum Gasteiger partial charge on any atom is 0.303 e. The summed E-state index contributed by atoms with van der Waals surface area (Å²) >= 11 is 0. The molecule has 1 aliphatic heterocycles. The van der Waals surface area contributed by atoms with Gasteiger partial charge in [0.1, 0.15) is 0 Å². The molecule has 88 valence electrons. The lowest BCUT2D eigenvalue weighted by Gasteiger charge is -2.38. The van der Waals surface area contributed by atoms with Gasteiger partial charge >= 0.3 is 5.97 Å². The average molecular weight is 215 g/mol. The normalized spacial score (nSPS) is 27.3. The van der Waals surface area contributed by atoms with Crippen LogP contribution < -0.4 is 5.73 Å². The van der Waals surface area contributed by atoms with Gasteiger partial charge in [0.2, 0.25) is 0 Å². The molecule has 0 aliphatic carbocycles. The van der Waals surface area contributed by atoms with E-state index in [4.69, 9.17) is 15.6 Å². The second kappa shape index (κ2) is 4.94. The molecule has 3 unspecified atom stereocenters. The molecule has 3 atom stereocenters. The van der Waals surface area contributed by atoms with Crippen LogP contribution in [0.3, 0.4) is 0 Å². The zero-order chi connectivity index (χ0) is 11.5. The molecular formula is C11H21NO3. The van der Waals surface area contributed by atoms with Crippen LogP contribution in [0.25, 0.3) is 0 Å². The van der Waals surface area contributed by atoms with Gasteiger partial charge in [-0.3, -0.25) is 4.79 Å². The predicted molar refractivity (Wildman–Crippen MR) is 57.6 cm³/mol. The van der Waals surface area contributed by atoms with Crippen molar-refractivity contribution in [2.45, 2.75) is 39.2 Å². The van der Waals surface area contributed by atoms with Crippen molar-refractivity contribution in [3.05, 3.63) is 0 Å². The van der Waals surface area contributed by atoms with E-state index in [9.17, 15) is 4.79 Å². The largest absolute Gasteiger partial charge is 0.481 e. The van der Waals surface area contributed by atoms with Crippen LogP contribution in [-0.4, -0.2) is 30.3 Å². The molecule has 4 nitrogen and oxygen atoms in total. The summed E-state index contributed by atoms with van der Waals surface area (Å²) in [5, 5.41) is 8.96. The molecule has 1 aliphatic rings. The number of nitrogens with two attached hydrogens (primary N) is 1. The van der Waals surface area contributed by atoms with Gasteiger partial charge < -0.3 is 15.6 Å². The summed E-state index contributed by atoms with van der Waals surface area (Å²) in [4.78, 5) is 10.9. The zero-order valence-corrected chi connectivity index (χ0v) is 9.53. The molecule has 0 aromatic heterocycles. The van der Waals surface area contributed by atoms with Gasteiger partial charge in [-0.1, -0.05) is 13.8 Å². The minimum absolute atomic E-state index is 0.0692. The number of carboxylic acids is 1. The van der Waals surface area contributed by atoms with E-state index >= 15 is 0 Å². The van der Waals surface area contributed by atoms with Gasteiger partial charge in [-0.25, -0.2) is 0 Å². The van der Waals surface area contributed by atoms with Crippen molar-refractivity contribution in [3.63, 3.8) is 0 Å². The number of carboxylic acid groups (broad SMARTS) is 1. The number of aliphatic carboxylic acids is 1. The molecule has 1 heterocycles.